The predicted octanol–water partition coefficient (Wildman–Crippen LogP) is 1.57. The SMILES string of the molecule is NC1CCC(C(=O)NCc2ccc(F)cc2)C1. The number of hydrogen-bond donors (Lipinski definition) is 2. The minimum atomic E-state index is -0.262. The van der Waals surface area contributed by atoms with Crippen molar-refractivity contribution in [3.05, 3.63) is 35.6 Å². The lowest BCUT2D eigenvalue weighted by Gasteiger charge is -2.10. The van der Waals surface area contributed by atoms with Crippen LogP contribution >= 0.6 is 0 Å². The summed E-state index contributed by atoms with van der Waals surface area (Å²) in [5, 5.41) is 2.86. The number of halogens is 1. The van der Waals surface area contributed by atoms with Crippen molar-refractivity contribution in [3.8, 4) is 0 Å². The van der Waals surface area contributed by atoms with Crippen LogP contribution in [0.4, 0.5) is 4.39 Å². The molecule has 3 nitrogen and oxygen atoms in total. The van der Waals surface area contributed by atoms with E-state index in [1.165, 1.54) is 12.1 Å². The van der Waals surface area contributed by atoms with Crippen LogP contribution in [-0.2, 0) is 11.3 Å². The van der Waals surface area contributed by atoms with Gasteiger partial charge in [-0.15, -0.1) is 0 Å². The number of amides is 1. The molecule has 0 spiro atoms. The summed E-state index contributed by atoms with van der Waals surface area (Å²) >= 11 is 0. The summed E-state index contributed by atoms with van der Waals surface area (Å²) in [6.07, 6.45) is 2.57. The number of nitrogens with two attached hydrogens (primary N) is 1. The molecule has 0 aromatic heterocycles. The molecule has 1 fully saturated rings. The van der Waals surface area contributed by atoms with Crippen LogP contribution in [0.3, 0.4) is 0 Å². The van der Waals surface area contributed by atoms with E-state index in [4.69, 9.17) is 5.73 Å². The zero-order chi connectivity index (χ0) is 12.3. The molecule has 1 aromatic rings. The first-order valence-electron chi connectivity index (χ1n) is 5.93. The first kappa shape index (κ1) is 12.0. The third-order valence-electron chi connectivity index (χ3n) is 3.22. The Balaban J connectivity index is 1.82. The lowest BCUT2D eigenvalue weighted by molar-refractivity contribution is -0.125. The Morgan fingerprint density at radius 2 is 2.06 bits per heavy atom. The fourth-order valence-corrected chi connectivity index (χ4v) is 2.19. The van der Waals surface area contributed by atoms with Gasteiger partial charge in [0.2, 0.25) is 5.91 Å². The van der Waals surface area contributed by atoms with Crippen molar-refractivity contribution >= 4 is 5.91 Å². The molecular formula is C13H17FN2O. The monoisotopic (exact) mass is 236 g/mol. The van der Waals surface area contributed by atoms with Gasteiger partial charge in [-0.1, -0.05) is 12.1 Å². The maximum Gasteiger partial charge on any atom is 0.223 e. The Morgan fingerprint density at radius 1 is 1.35 bits per heavy atom. The molecule has 0 bridgehead atoms. The van der Waals surface area contributed by atoms with Crippen LogP contribution in [0.15, 0.2) is 24.3 Å². The zero-order valence-electron chi connectivity index (χ0n) is 9.66. The highest BCUT2D eigenvalue weighted by molar-refractivity contribution is 5.78. The Labute approximate surface area is 100 Å². The van der Waals surface area contributed by atoms with Gasteiger partial charge in [-0.3, -0.25) is 4.79 Å². The van der Waals surface area contributed by atoms with Crippen molar-refractivity contribution in [1.82, 2.24) is 5.32 Å². The van der Waals surface area contributed by atoms with Crippen molar-refractivity contribution in [2.75, 3.05) is 0 Å². The molecule has 1 aromatic carbocycles. The summed E-state index contributed by atoms with van der Waals surface area (Å²) in [6.45, 7) is 0.449. The first-order valence-corrected chi connectivity index (χ1v) is 5.93. The van der Waals surface area contributed by atoms with E-state index in [2.05, 4.69) is 5.32 Å². The number of rotatable bonds is 3. The highest BCUT2D eigenvalue weighted by Crippen LogP contribution is 2.24. The molecule has 2 rings (SSSR count). The molecule has 1 aliphatic carbocycles. The van der Waals surface area contributed by atoms with Crippen LogP contribution in [-0.4, -0.2) is 11.9 Å². The van der Waals surface area contributed by atoms with Gasteiger partial charge in [-0.05, 0) is 37.0 Å². The van der Waals surface area contributed by atoms with E-state index in [0.717, 1.165) is 24.8 Å². The van der Waals surface area contributed by atoms with Crippen LogP contribution in [0.25, 0.3) is 0 Å². The average molecular weight is 236 g/mol. The molecule has 0 heterocycles. The highest BCUT2D eigenvalue weighted by atomic mass is 19.1. The van der Waals surface area contributed by atoms with E-state index >= 15 is 0 Å². The van der Waals surface area contributed by atoms with E-state index in [0.29, 0.717) is 6.54 Å². The van der Waals surface area contributed by atoms with E-state index in [1.54, 1.807) is 12.1 Å². The van der Waals surface area contributed by atoms with Crippen LogP contribution in [0, 0.1) is 11.7 Å². The number of nitrogens with one attached hydrogen (secondary N) is 1. The number of carbonyl (C=O) groups excluding carboxylic acids is 1. The minimum absolute atomic E-state index is 0.0467. The van der Waals surface area contributed by atoms with Gasteiger partial charge in [0.05, 0.1) is 0 Å². The summed E-state index contributed by atoms with van der Waals surface area (Å²) < 4.78 is 12.7. The van der Waals surface area contributed by atoms with E-state index in [1.807, 2.05) is 0 Å². The third-order valence-corrected chi connectivity index (χ3v) is 3.22. The molecule has 1 aliphatic rings. The average Bonchev–Trinajstić information content (AvgIpc) is 2.75. The quantitative estimate of drug-likeness (QED) is 0.837. The van der Waals surface area contributed by atoms with E-state index < -0.39 is 0 Å². The van der Waals surface area contributed by atoms with Crippen molar-refractivity contribution in [3.63, 3.8) is 0 Å². The normalized spacial score (nSPS) is 23.6. The second kappa shape index (κ2) is 5.27. The molecule has 2 unspecified atom stereocenters. The number of hydrogen-bond acceptors (Lipinski definition) is 2. The Morgan fingerprint density at radius 3 is 2.65 bits per heavy atom. The van der Waals surface area contributed by atoms with Gasteiger partial charge in [0.1, 0.15) is 5.82 Å². The second-order valence-electron chi connectivity index (χ2n) is 4.61. The van der Waals surface area contributed by atoms with Crippen molar-refractivity contribution in [2.24, 2.45) is 11.7 Å². The van der Waals surface area contributed by atoms with Gasteiger partial charge in [-0.2, -0.15) is 0 Å². The molecule has 3 N–H and O–H groups in total. The minimum Gasteiger partial charge on any atom is -0.352 e. The summed E-state index contributed by atoms with van der Waals surface area (Å²) in [4.78, 5) is 11.8. The maximum absolute atomic E-state index is 12.7. The Kier molecular flexibility index (Phi) is 3.74. The van der Waals surface area contributed by atoms with E-state index in [-0.39, 0.29) is 23.7 Å². The van der Waals surface area contributed by atoms with Gasteiger partial charge in [0.25, 0.3) is 0 Å². The fourth-order valence-electron chi connectivity index (χ4n) is 2.19. The van der Waals surface area contributed by atoms with Crippen LogP contribution in [0.5, 0.6) is 0 Å². The van der Waals surface area contributed by atoms with Crippen LogP contribution in [0.2, 0.25) is 0 Å². The number of benzene rings is 1. The topological polar surface area (TPSA) is 55.1 Å². The molecular weight excluding hydrogens is 219 g/mol. The van der Waals surface area contributed by atoms with Gasteiger partial charge in [0, 0.05) is 18.5 Å². The molecule has 1 amide bonds. The Bertz CT molecular complexity index is 391. The third kappa shape index (κ3) is 3.27. The zero-order valence-corrected chi connectivity index (χ0v) is 9.66. The second-order valence-corrected chi connectivity index (χ2v) is 4.61. The smallest absolute Gasteiger partial charge is 0.223 e. The van der Waals surface area contributed by atoms with Crippen molar-refractivity contribution in [2.45, 2.75) is 31.8 Å². The summed E-state index contributed by atoms with van der Waals surface area (Å²) in [7, 11) is 0. The number of carbonyl (C=O) groups is 1. The van der Waals surface area contributed by atoms with Crippen molar-refractivity contribution in [1.29, 1.82) is 0 Å². The van der Waals surface area contributed by atoms with Crippen LogP contribution in [0.1, 0.15) is 24.8 Å². The summed E-state index contributed by atoms with van der Waals surface area (Å²) in [5.74, 6) is -0.158. The van der Waals surface area contributed by atoms with Crippen molar-refractivity contribution < 1.29 is 9.18 Å². The highest BCUT2D eigenvalue weighted by Gasteiger charge is 2.27. The molecule has 92 valence electrons. The molecule has 4 heteroatoms. The summed E-state index contributed by atoms with van der Waals surface area (Å²) in [5.41, 5.74) is 6.67. The molecule has 17 heavy (non-hydrogen) atoms. The largest absolute Gasteiger partial charge is 0.352 e. The molecule has 0 saturated heterocycles. The van der Waals surface area contributed by atoms with Crippen LogP contribution < -0.4 is 11.1 Å². The fraction of sp³-hybridized carbons (Fsp3) is 0.462. The van der Waals surface area contributed by atoms with Gasteiger partial charge in [-0.25, -0.2) is 4.39 Å². The molecule has 0 radical (unpaired) electrons. The lowest BCUT2D eigenvalue weighted by atomic mass is 10.1. The van der Waals surface area contributed by atoms with Gasteiger partial charge in [0.15, 0.2) is 0 Å². The molecule has 2 atom stereocenters. The predicted molar refractivity (Wildman–Crippen MR) is 63.6 cm³/mol. The van der Waals surface area contributed by atoms with E-state index in [9.17, 15) is 9.18 Å². The van der Waals surface area contributed by atoms with Gasteiger partial charge < -0.3 is 11.1 Å². The maximum atomic E-state index is 12.7. The van der Waals surface area contributed by atoms with Gasteiger partial charge >= 0.3 is 0 Å². The first-order chi connectivity index (χ1) is 8.15. The lowest BCUT2D eigenvalue weighted by Crippen LogP contribution is -2.29. The standard InChI is InChI=1S/C13H17FN2O/c14-11-4-1-9(2-5-11)8-16-13(17)10-3-6-12(15)7-10/h1-2,4-5,10,12H,3,6-8,15H2,(H,16,17). The Hall–Kier alpha value is -1.42. The molecule has 1 saturated carbocycles. The summed E-state index contributed by atoms with van der Waals surface area (Å²) in [6, 6.07) is 6.31. The molecule has 0 aliphatic heterocycles.